The van der Waals surface area contributed by atoms with Crippen LogP contribution in [-0.2, 0) is 14.6 Å². The molecule has 0 atom stereocenters. The predicted octanol–water partition coefficient (Wildman–Crippen LogP) is 1.20. The Morgan fingerprint density at radius 1 is 1.19 bits per heavy atom. The first kappa shape index (κ1) is 11.1. The van der Waals surface area contributed by atoms with Gasteiger partial charge < -0.3 is 4.74 Å². The van der Waals surface area contributed by atoms with E-state index in [-0.39, 0.29) is 16.8 Å². The fourth-order valence-corrected chi connectivity index (χ4v) is 2.12. The molecule has 0 bridgehead atoms. The SMILES string of the molecule is CS(=O)(=O)c1ccc(OC2CC(=O)C2)cc1. The van der Waals surface area contributed by atoms with Gasteiger partial charge in [0, 0.05) is 19.1 Å². The molecule has 1 fully saturated rings. The molecule has 0 saturated heterocycles. The molecule has 5 heteroatoms. The van der Waals surface area contributed by atoms with Crippen LogP contribution < -0.4 is 4.74 Å². The second-order valence-electron chi connectivity index (χ2n) is 3.93. The molecule has 1 aliphatic rings. The van der Waals surface area contributed by atoms with Crippen LogP contribution in [0.5, 0.6) is 5.75 Å². The van der Waals surface area contributed by atoms with Gasteiger partial charge in [-0.3, -0.25) is 4.79 Å². The lowest BCUT2D eigenvalue weighted by Gasteiger charge is -2.25. The van der Waals surface area contributed by atoms with Gasteiger partial charge in [-0.2, -0.15) is 0 Å². The number of hydrogen-bond donors (Lipinski definition) is 0. The van der Waals surface area contributed by atoms with Gasteiger partial charge in [0.25, 0.3) is 0 Å². The van der Waals surface area contributed by atoms with Crippen molar-refractivity contribution in [3.05, 3.63) is 24.3 Å². The van der Waals surface area contributed by atoms with Crippen LogP contribution in [0.3, 0.4) is 0 Å². The molecule has 0 heterocycles. The number of benzene rings is 1. The number of carbonyl (C=O) groups is 1. The van der Waals surface area contributed by atoms with E-state index in [0.717, 1.165) is 6.26 Å². The Hall–Kier alpha value is -1.36. The largest absolute Gasteiger partial charge is 0.490 e. The molecule has 16 heavy (non-hydrogen) atoms. The summed E-state index contributed by atoms with van der Waals surface area (Å²) in [5.74, 6) is 0.808. The van der Waals surface area contributed by atoms with Crippen molar-refractivity contribution in [2.75, 3.05) is 6.26 Å². The summed E-state index contributed by atoms with van der Waals surface area (Å²) in [6.07, 6.45) is 2.02. The van der Waals surface area contributed by atoms with Crippen LogP contribution in [0.4, 0.5) is 0 Å². The third kappa shape index (κ3) is 2.41. The van der Waals surface area contributed by atoms with E-state index in [0.29, 0.717) is 18.6 Å². The Morgan fingerprint density at radius 3 is 2.19 bits per heavy atom. The number of carbonyl (C=O) groups excluding carboxylic acids is 1. The number of ether oxygens (including phenoxy) is 1. The molecule has 1 aliphatic carbocycles. The molecule has 0 radical (unpaired) electrons. The minimum absolute atomic E-state index is 0.0448. The minimum Gasteiger partial charge on any atom is -0.490 e. The number of sulfone groups is 1. The van der Waals surface area contributed by atoms with E-state index < -0.39 is 9.84 Å². The predicted molar refractivity (Wildman–Crippen MR) is 58.2 cm³/mol. The van der Waals surface area contributed by atoms with Gasteiger partial charge in [0.05, 0.1) is 4.90 Å². The van der Waals surface area contributed by atoms with Crippen LogP contribution in [0.1, 0.15) is 12.8 Å². The Kier molecular flexibility index (Phi) is 2.71. The van der Waals surface area contributed by atoms with Gasteiger partial charge in [-0.15, -0.1) is 0 Å². The molecule has 0 N–H and O–H groups in total. The van der Waals surface area contributed by atoms with Crippen molar-refractivity contribution >= 4 is 15.6 Å². The molecule has 0 amide bonds. The first-order valence-electron chi connectivity index (χ1n) is 4.93. The fourth-order valence-electron chi connectivity index (χ4n) is 1.49. The molecule has 4 nitrogen and oxygen atoms in total. The van der Waals surface area contributed by atoms with Gasteiger partial charge in [-0.25, -0.2) is 8.42 Å². The summed E-state index contributed by atoms with van der Waals surface area (Å²) in [6, 6.07) is 6.23. The van der Waals surface area contributed by atoms with Gasteiger partial charge in [0.1, 0.15) is 17.6 Å². The molecular weight excluding hydrogens is 228 g/mol. The molecule has 1 saturated carbocycles. The van der Waals surface area contributed by atoms with E-state index >= 15 is 0 Å². The van der Waals surface area contributed by atoms with Crippen LogP contribution in [0.15, 0.2) is 29.2 Å². The summed E-state index contributed by atoms with van der Waals surface area (Å²) in [5, 5.41) is 0. The minimum atomic E-state index is -3.16. The third-order valence-corrected chi connectivity index (χ3v) is 3.59. The van der Waals surface area contributed by atoms with Gasteiger partial charge >= 0.3 is 0 Å². The van der Waals surface area contributed by atoms with E-state index in [1.807, 2.05) is 0 Å². The maximum atomic E-state index is 11.2. The third-order valence-electron chi connectivity index (χ3n) is 2.47. The van der Waals surface area contributed by atoms with Crippen molar-refractivity contribution in [1.82, 2.24) is 0 Å². The first-order chi connectivity index (χ1) is 7.45. The highest BCUT2D eigenvalue weighted by molar-refractivity contribution is 7.90. The lowest BCUT2D eigenvalue weighted by Crippen LogP contribution is -2.33. The highest BCUT2D eigenvalue weighted by atomic mass is 32.2. The molecule has 2 rings (SSSR count). The van der Waals surface area contributed by atoms with E-state index in [2.05, 4.69) is 0 Å². The zero-order valence-electron chi connectivity index (χ0n) is 8.84. The Bertz CT molecular complexity index is 493. The van der Waals surface area contributed by atoms with Gasteiger partial charge in [0.2, 0.25) is 0 Å². The molecule has 0 unspecified atom stereocenters. The Labute approximate surface area is 94.2 Å². The molecule has 1 aromatic rings. The summed E-state index contributed by atoms with van der Waals surface area (Å²) in [5.41, 5.74) is 0. The van der Waals surface area contributed by atoms with Crippen molar-refractivity contribution in [1.29, 1.82) is 0 Å². The maximum absolute atomic E-state index is 11.2. The maximum Gasteiger partial charge on any atom is 0.175 e. The van der Waals surface area contributed by atoms with E-state index in [1.54, 1.807) is 12.1 Å². The summed E-state index contributed by atoms with van der Waals surface area (Å²) in [7, 11) is -3.16. The summed E-state index contributed by atoms with van der Waals surface area (Å²) in [4.78, 5) is 11.0. The average Bonchev–Trinajstić information content (AvgIpc) is 2.15. The van der Waals surface area contributed by atoms with Crippen LogP contribution in [0.2, 0.25) is 0 Å². The highest BCUT2D eigenvalue weighted by Crippen LogP contribution is 2.23. The van der Waals surface area contributed by atoms with Crippen LogP contribution >= 0.6 is 0 Å². The fraction of sp³-hybridized carbons (Fsp3) is 0.364. The second-order valence-corrected chi connectivity index (χ2v) is 5.95. The molecular formula is C11H12O4S. The quantitative estimate of drug-likeness (QED) is 0.796. The number of rotatable bonds is 3. The molecule has 0 aliphatic heterocycles. The number of Topliss-reactive ketones (excluding diaryl/α,β-unsaturated/α-hetero) is 1. The van der Waals surface area contributed by atoms with E-state index in [4.69, 9.17) is 4.74 Å². The second kappa shape index (κ2) is 3.90. The van der Waals surface area contributed by atoms with Gasteiger partial charge in [-0.05, 0) is 24.3 Å². The Balaban J connectivity index is 2.05. The number of hydrogen-bond acceptors (Lipinski definition) is 4. The van der Waals surface area contributed by atoms with Crippen molar-refractivity contribution in [3.8, 4) is 5.75 Å². The molecule has 0 spiro atoms. The topological polar surface area (TPSA) is 60.4 Å². The van der Waals surface area contributed by atoms with Crippen molar-refractivity contribution < 1.29 is 17.9 Å². The zero-order chi connectivity index (χ0) is 11.8. The van der Waals surface area contributed by atoms with Crippen molar-refractivity contribution in [3.63, 3.8) is 0 Å². The average molecular weight is 240 g/mol. The first-order valence-corrected chi connectivity index (χ1v) is 6.83. The lowest BCUT2D eigenvalue weighted by atomic mass is 9.94. The molecule has 0 aromatic heterocycles. The van der Waals surface area contributed by atoms with Crippen LogP contribution in [-0.4, -0.2) is 26.6 Å². The lowest BCUT2D eigenvalue weighted by molar-refractivity contribution is -0.129. The van der Waals surface area contributed by atoms with Crippen molar-refractivity contribution in [2.45, 2.75) is 23.8 Å². The normalized spacial score (nSPS) is 16.9. The van der Waals surface area contributed by atoms with Gasteiger partial charge in [0.15, 0.2) is 9.84 Å². The van der Waals surface area contributed by atoms with Crippen LogP contribution in [0.25, 0.3) is 0 Å². The van der Waals surface area contributed by atoms with Crippen LogP contribution in [0, 0.1) is 0 Å². The smallest absolute Gasteiger partial charge is 0.175 e. The summed E-state index contributed by atoms with van der Waals surface area (Å²) < 4.78 is 27.9. The highest BCUT2D eigenvalue weighted by Gasteiger charge is 2.28. The molecule has 1 aromatic carbocycles. The molecule has 86 valence electrons. The summed E-state index contributed by atoms with van der Waals surface area (Å²) in [6.45, 7) is 0. The monoisotopic (exact) mass is 240 g/mol. The van der Waals surface area contributed by atoms with Crippen molar-refractivity contribution in [2.24, 2.45) is 0 Å². The zero-order valence-corrected chi connectivity index (χ0v) is 9.66. The van der Waals surface area contributed by atoms with E-state index in [9.17, 15) is 13.2 Å². The van der Waals surface area contributed by atoms with Gasteiger partial charge in [-0.1, -0.05) is 0 Å². The summed E-state index contributed by atoms with van der Waals surface area (Å²) >= 11 is 0. The standard InChI is InChI=1S/C11H12O4S/c1-16(13,14)11-4-2-9(3-5-11)15-10-6-8(12)7-10/h2-5,10H,6-7H2,1H3. The number of ketones is 1. The Morgan fingerprint density at radius 2 is 1.75 bits per heavy atom. The van der Waals surface area contributed by atoms with E-state index in [1.165, 1.54) is 12.1 Å².